The third-order valence-electron chi connectivity index (χ3n) is 3.08. The number of carbonyl (C=O) groups excluding carboxylic acids is 1. The lowest BCUT2D eigenvalue weighted by atomic mass is 10.2. The summed E-state index contributed by atoms with van der Waals surface area (Å²) in [4.78, 5) is 12.7. The summed E-state index contributed by atoms with van der Waals surface area (Å²) >= 11 is 6.74. The molecule has 0 radical (unpaired) electrons. The van der Waals surface area contributed by atoms with Gasteiger partial charge in [0.2, 0.25) is 9.84 Å². The van der Waals surface area contributed by atoms with Crippen molar-refractivity contribution in [3.8, 4) is 0 Å². The number of amides is 1. The molecule has 2 rings (SSSR count). The molecule has 2 aromatic rings. The summed E-state index contributed by atoms with van der Waals surface area (Å²) in [6.07, 6.45) is 0. The SMILES string of the molecule is O=C(NCCSCc1ccc(Br)s1)c1ccc(S(=O)(=O)C(F)F)cc1. The normalized spacial score (nSPS) is 11.7. The predicted octanol–water partition coefficient (Wildman–Crippen LogP) is 4.17. The Bertz CT molecular complexity index is 823. The Morgan fingerprint density at radius 3 is 2.44 bits per heavy atom. The number of thiophene rings is 1. The van der Waals surface area contributed by atoms with E-state index in [0.717, 1.165) is 27.4 Å². The van der Waals surface area contributed by atoms with E-state index in [1.54, 1.807) is 23.1 Å². The number of halogens is 3. The van der Waals surface area contributed by atoms with Crippen LogP contribution in [-0.2, 0) is 15.6 Å². The van der Waals surface area contributed by atoms with Gasteiger partial charge in [0.15, 0.2) is 0 Å². The molecule has 1 amide bonds. The topological polar surface area (TPSA) is 63.2 Å². The summed E-state index contributed by atoms with van der Waals surface area (Å²) in [7, 11) is -4.64. The van der Waals surface area contributed by atoms with Gasteiger partial charge in [-0.15, -0.1) is 11.3 Å². The highest BCUT2D eigenvalue weighted by molar-refractivity contribution is 9.11. The zero-order valence-electron chi connectivity index (χ0n) is 12.7. The molecule has 25 heavy (non-hydrogen) atoms. The van der Waals surface area contributed by atoms with E-state index in [-0.39, 0.29) is 11.5 Å². The van der Waals surface area contributed by atoms with E-state index in [2.05, 4.69) is 21.2 Å². The lowest BCUT2D eigenvalue weighted by molar-refractivity contribution is 0.0956. The first-order valence-corrected chi connectivity index (χ1v) is 11.3. The second kappa shape index (κ2) is 9.11. The van der Waals surface area contributed by atoms with Crippen molar-refractivity contribution in [2.45, 2.75) is 16.4 Å². The number of hydrogen-bond acceptors (Lipinski definition) is 5. The number of carbonyl (C=O) groups is 1. The smallest absolute Gasteiger partial charge is 0.341 e. The maximum absolute atomic E-state index is 12.4. The van der Waals surface area contributed by atoms with Crippen molar-refractivity contribution >= 4 is 54.8 Å². The molecule has 1 aromatic heterocycles. The summed E-state index contributed by atoms with van der Waals surface area (Å²) in [5, 5.41) is 2.71. The van der Waals surface area contributed by atoms with Gasteiger partial charge in [0, 0.05) is 28.5 Å². The van der Waals surface area contributed by atoms with Gasteiger partial charge in [-0.25, -0.2) is 8.42 Å². The van der Waals surface area contributed by atoms with E-state index in [0.29, 0.717) is 6.54 Å². The van der Waals surface area contributed by atoms with E-state index < -0.39 is 20.5 Å². The highest BCUT2D eigenvalue weighted by atomic mass is 79.9. The molecule has 136 valence electrons. The molecular formula is C15H14BrF2NO3S3. The monoisotopic (exact) mass is 469 g/mol. The number of rotatable bonds is 8. The molecule has 0 atom stereocenters. The maximum atomic E-state index is 12.4. The lowest BCUT2D eigenvalue weighted by Gasteiger charge is -2.06. The van der Waals surface area contributed by atoms with Crippen LogP contribution < -0.4 is 5.32 Å². The van der Waals surface area contributed by atoms with Crippen LogP contribution in [0.3, 0.4) is 0 Å². The minimum Gasteiger partial charge on any atom is -0.351 e. The fourth-order valence-electron chi connectivity index (χ4n) is 1.84. The van der Waals surface area contributed by atoms with E-state index in [4.69, 9.17) is 0 Å². The predicted molar refractivity (Wildman–Crippen MR) is 100 cm³/mol. The fourth-order valence-corrected chi connectivity index (χ4v) is 5.01. The highest BCUT2D eigenvalue weighted by Gasteiger charge is 2.26. The van der Waals surface area contributed by atoms with E-state index in [1.165, 1.54) is 17.0 Å². The molecule has 4 nitrogen and oxygen atoms in total. The molecule has 0 unspecified atom stereocenters. The summed E-state index contributed by atoms with van der Waals surface area (Å²) < 4.78 is 48.6. The Hall–Kier alpha value is -0.970. The average Bonchev–Trinajstić information content (AvgIpc) is 2.99. The molecule has 0 saturated carbocycles. The van der Waals surface area contributed by atoms with Crippen molar-refractivity contribution in [1.82, 2.24) is 5.32 Å². The number of hydrogen-bond donors (Lipinski definition) is 1. The maximum Gasteiger partial charge on any atom is 0.341 e. The highest BCUT2D eigenvalue weighted by Crippen LogP contribution is 2.25. The molecular weight excluding hydrogens is 456 g/mol. The number of thioether (sulfide) groups is 1. The largest absolute Gasteiger partial charge is 0.351 e. The first kappa shape index (κ1) is 20.3. The third kappa shape index (κ3) is 5.77. The van der Waals surface area contributed by atoms with E-state index in [9.17, 15) is 22.0 Å². The van der Waals surface area contributed by atoms with Crippen LogP contribution in [0.15, 0.2) is 45.1 Å². The molecule has 0 fully saturated rings. The van der Waals surface area contributed by atoms with Crippen LogP contribution >= 0.6 is 39.0 Å². The lowest BCUT2D eigenvalue weighted by Crippen LogP contribution is -2.25. The molecule has 0 saturated heterocycles. The molecule has 0 aliphatic heterocycles. The van der Waals surface area contributed by atoms with Gasteiger partial charge in [-0.1, -0.05) is 0 Å². The molecule has 0 aliphatic carbocycles. The number of sulfone groups is 1. The van der Waals surface area contributed by atoms with Crippen LogP contribution in [0.1, 0.15) is 15.2 Å². The average molecular weight is 470 g/mol. The van der Waals surface area contributed by atoms with Crippen LogP contribution in [0, 0.1) is 0 Å². The van der Waals surface area contributed by atoms with Crippen molar-refractivity contribution in [2.75, 3.05) is 12.3 Å². The molecule has 1 aromatic carbocycles. The van der Waals surface area contributed by atoms with Gasteiger partial charge in [0.05, 0.1) is 8.68 Å². The molecule has 1 heterocycles. The Morgan fingerprint density at radius 1 is 1.20 bits per heavy atom. The summed E-state index contributed by atoms with van der Waals surface area (Å²) in [6, 6.07) is 8.50. The van der Waals surface area contributed by atoms with Gasteiger partial charge in [-0.2, -0.15) is 20.5 Å². The van der Waals surface area contributed by atoms with Crippen LogP contribution in [-0.4, -0.2) is 32.4 Å². The van der Waals surface area contributed by atoms with Crippen LogP contribution in [0.2, 0.25) is 0 Å². The van der Waals surface area contributed by atoms with Gasteiger partial charge < -0.3 is 5.32 Å². The zero-order valence-corrected chi connectivity index (χ0v) is 16.8. The van der Waals surface area contributed by atoms with Crippen LogP contribution in [0.25, 0.3) is 0 Å². The Labute approximate surface area is 161 Å². The minimum atomic E-state index is -4.64. The first-order valence-electron chi connectivity index (χ1n) is 7.03. The molecule has 1 N–H and O–H groups in total. The summed E-state index contributed by atoms with van der Waals surface area (Å²) in [5.74, 6) is -2.28. The molecule has 0 bridgehead atoms. The Kier molecular flexibility index (Phi) is 7.41. The van der Waals surface area contributed by atoms with Crippen molar-refractivity contribution in [3.63, 3.8) is 0 Å². The molecule has 0 aliphatic rings. The quantitative estimate of drug-likeness (QED) is 0.589. The van der Waals surface area contributed by atoms with Gasteiger partial charge in [0.25, 0.3) is 5.91 Å². The van der Waals surface area contributed by atoms with Gasteiger partial charge in [-0.3, -0.25) is 4.79 Å². The summed E-state index contributed by atoms with van der Waals surface area (Å²) in [6.45, 7) is 0.452. The zero-order chi connectivity index (χ0) is 18.4. The molecule has 10 heteroatoms. The third-order valence-corrected chi connectivity index (χ3v) is 7.30. The standard InChI is InChI=1S/C15H14BrF2NO3S3/c16-13-6-3-11(24-13)9-23-8-7-19-14(20)10-1-4-12(5-2-10)25(21,22)15(17)18/h1-6,15H,7-9H2,(H,19,20). The second-order valence-corrected chi connectivity index (χ2v) is 10.4. The van der Waals surface area contributed by atoms with Crippen LogP contribution in [0.4, 0.5) is 8.78 Å². The minimum absolute atomic E-state index is 0.223. The van der Waals surface area contributed by atoms with Gasteiger partial charge in [0.1, 0.15) is 0 Å². The van der Waals surface area contributed by atoms with Crippen molar-refractivity contribution in [1.29, 1.82) is 0 Å². The van der Waals surface area contributed by atoms with Crippen molar-refractivity contribution in [2.24, 2.45) is 0 Å². The van der Waals surface area contributed by atoms with E-state index >= 15 is 0 Å². The van der Waals surface area contributed by atoms with Crippen LogP contribution in [0.5, 0.6) is 0 Å². The Morgan fingerprint density at radius 2 is 1.88 bits per heavy atom. The van der Waals surface area contributed by atoms with E-state index in [1.807, 2.05) is 12.1 Å². The van der Waals surface area contributed by atoms with Crippen molar-refractivity contribution < 1.29 is 22.0 Å². The van der Waals surface area contributed by atoms with Gasteiger partial charge in [-0.05, 0) is 52.3 Å². The summed E-state index contributed by atoms with van der Waals surface area (Å²) in [5.41, 5.74) is 0.223. The number of benzene rings is 1. The van der Waals surface area contributed by atoms with Gasteiger partial charge >= 0.3 is 5.76 Å². The first-order chi connectivity index (χ1) is 11.8. The Balaban J connectivity index is 1.79. The fraction of sp³-hybridized carbons (Fsp3) is 0.267. The van der Waals surface area contributed by atoms with Crippen molar-refractivity contribution in [3.05, 3.63) is 50.6 Å². The second-order valence-electron chi connectivity index (χ2n) is 4.84. The number of alkyl halides is 2. The molecule has 0 spiro atoms. The number of nitrogens with one attached hydrogen (secondary N) is 1.